The van der Waals surface area contributed by atoms with Crippen molar-refractivity contribution in [2.45, 2.75) is 13.0 Å². The number of hydrogen-bond acceptors (Lipinski definition) is 3. The van der Waals surface area contributed by atoms with E-state index in [1.165, 1.54) is 0 Å². The van der Waals surface area contributed by atoms with Crippen LogP contribution in [0.15, 0.2) is 22.8 Å². The van der Waals surface area contributed by atoms with Gasteiger partial charge in [-0.1, -0.05) is 0 Å². The van der Waals surface area contributed by atoms with Gasteiger partial charge < -0.3 is 10.4 Å². The summed E-state index contributed by atoms with van der Waals surface area (Å²) >= 11 is 3.23. The van der Waals surface area contributed by atoms with Crippen molar-refractivity contribution in [3.8, 4) is 0 Å². The predicted octanol–water partition coefficient (Wildman–Crippen LogP) is 1.73. The molecule has 1 aromatic heterocycles. The van der Waals surface area contributed by atoms with Crippen LogP contribution < -0.4 is 5.32 Å². The maximum absolute atomic E-state index is 10.5. The van der Waals surface area contributed by atoms with Gasteiger partial charge in [0.25, 0.3) is 0 Å². The second-order valence-corrected chi connectivity index (χ2v) is 3.48. The summed E-state index contributed by atoms with van der Waals surface area (Å²) in [7, 11) is 0. The van der Waals surface area contributed by atoms with E-state index < -0.39 is 12.0 Å². The van der Waals surface area contributed by atoms with Crippen molar-refractivity contribution in [3.05, 3.63) is 22.8 Å². The quantitative estimate of drug-likeness (QED) is 0.851. The molecule has 0 amide bonds. The highest BCUT2D eigenvalue weighted by Gasteiger charge is 2.09. The molecule has 0 bridgehead atoms. The van der Waals surface area contributed by atoms with E-state index >= 15 is 0 Å². The van der Waals surface area contributed by atoms with Gasteiger partial charge in [-0.3, -0.25) is 4.79 Å². The minimum Gasteiger partial charge on any atom is -0.480 e. The van der Waals surface area contributed by atoms with E-state index in [-0.39, 0.29) is 0 Å². The molecule has 4 nitrogen and oxygen atoms in total. The van der Waals surface area contributed by atoms with Gasteiger partial charge in [0.1, 0.15) is 11.9 Å². The van der Waals surface area contributed by atoms with Crippen LogP contribution in [-0.4, -0.2) is 22.1 Å². The van der Waals surface area contributed by atoms with Gasteiger partial charge in [0.05, 0.1) is 0 Å². The normalized spacial score (nSPS) is 12.2. The molecular formula is C8H9BrN2O2. The van der Waals surface area contributed by atoms with Crippen molar-refractivity contribution < 1.29 is 9.90 Å². The lowest BCUT2D eigenvalue weighted by Crippen LogP contribution is -2.25. The number of aliphatic carboxylic acids is 1. The lowest BCUT2D eigenvalue weighted by Gasteiger charge is -2.08. The van der Waals surface area contributed by atoms with E-state index in [1.807, 2.05) is 0 Å². The maximum atomic E-state index is 10.5. The van der Waals surface area contributed by atoms with Crippen LogP contribution in [0.5, 0.6) is 0 Å². The van der Waals surface area contributed by atoms with Crippen molar-refractivity contribution >= 4 is 27.7 Å². The Kier molecular flexibility index (Phi) is 3.25. The summed E-state index contributed by atoms with van der Waals surface area (Å²) in [6.45, 7) is 1.56. The zero-order valence-electron chi connectivity index (χ0n) is 6.99. The summed E-state index contributed by atoms with van der Waals surface area (Å²) < 4.78 is 0.862. The van der Waals surface area contributed by atoms with Gasteiger partial charge in [0.2, 0.25) is 0 Å². The fourth-order valence-electron chi connectivity index (χ4n) is 0.745. The van der Waals surface area contributed by atoms with Crippen LogP contribution >= 0.6 is 15.9 Å². The number of pyridine rings is 1. The summed E-state index contributed by atoms with van der Waals surface area (Å²) in [5, 5.41) is 11.3. The molecule has 13 heavy (non-hydrogen) atoms. The lowest BCUT2D eigenvalue weighted by molar-refractivity contribution is -0.137. The van der Waals surface area contributed by atoms with Crippen LogP contribution in [-0.2, 0) is 4.79 Å². The maximum Gasteiger partial charge on any atom is 0.325 e. The molecule has 0 unspecified atom stereocenters. The summed E-state index contributed by atoms with van der Waals surface area (Å²) in [6.07, 6.45) is 1.61. The minimum absolute atomic E-state index is 0.554. The molecule has 0 spiro atoms. The fraction of sp³-hybridized carbons (Fsp3) is 0.250. The zero-order valence-corrected chi connectivity index (χ0v) is 8.58. The average Bonchev–Trinajstić information content (AvgIpc) is 2.08. The van der Waals surface area contributed by atoms with E-state index in [2.05, 4.69) is 26.2 Å². The molecular weight excluding hydrogens is 236 g/mol. The topological polar surface area (TPSA) is 62.2 Å². The smallest absolute Gasteiger partial charge is 0.325 e. The number of hydrogen-bond donors (Lipinski definition) is 2. The number of anilines is 1. The van der Waals surface area contributed by atoms with Crippen LogP contribution in [0.25, 0.3) is 0 Å². The van der Waals surface area contributed by atoms with E-state index in [9.17, 15) is 4.79 Å². The number of rotatable bonds is 3. The number of carbonyl (C=O) groups is 1. The Balaban J connectivity index is 2.64. The fourth-order valence-corrected chi connectivity index (χ4v) is 0.979. The minimum atomic E-state index is -0.898. The molecule has 1 rings (SSSR count). The predicted molar refractivity (Wildman–Crippen MR) is 52.7 cm³/mol. The molecule has 2 N–H and O–H groups in total. The Morgan fingerprint density at radius 3 is 2.85 bits per heavy atom. The molecule has 0 saturated heterocycles. The Morgan fingerprint density at radius 2 is 2.38 bits per heavy atom. The first-order valence-corrected chi connectivity index (χ1v) is 4.50. The van der Waals surface area contributed by atoms with Crippen molar-refractivity contribution in [1.82, 2.24) is 4.98 Å². The van der Waals surface area contributed by atoms with Crippen LogP contribution in [0.1, 0.15) is 6.92 Å². The van der Waals surface area contributed by atoms with Crippen LogP contribution in [0.2, 0.25) is 0 Å². The molecule has 0 fully saturated rings. The highest BCUT2D eigenvalue weighted by atomic mass is 79.9. The van der Waals surface area contributed by atoms with Crippen molar-refractivity contribution in [3.63, 3.8) is 0 Å². The zero-order chi connectivity index (χ0) is 9.84. The molecule has 5 heteroatoms. The third-order valence-corrected chi connectivity index (χ3v) is 1.93. The van der Waals surface area contributed by atoms with Gasteiger partial charge in [0.15, 0.2) is 0 Å². The first-order valence-electron chi connectivity index (χ1n) is 3.70. The molecule has 0 aliphatic rings. The van der Waals surface area contributed by atoms with Gasteiger partial charge in [-0.05, 0) is 35.0 Å². The number of halogens is 1. The monoisotopic (exact) mass is 244 g/mol. The summed E-state index contributed by atoms with van der Waals surface area (Å²) in [4.78, 5) is 14.5. The van der Waals surface area contributed by atoms with Gasteiger partial charge >= 0.3 is 5.97 Å². The Hall–Kier alpha value is -1.10. The second kappa shape index (κ2) is 4.23. The van der Waals surface area contributed by atoms with Crippen molar-refractivity contribution in [1.29, 1.82) is 0 Å². The molecule has 70 valence electrons. The van der Waals surface area contributed by atoms with Gasteiger partial charge in [-0.15, -0.1) is 0 Å². The molecule has 1 heterocycles. The van der Waals surface area contributed by atoms with Crippen LogP contribution in [0, 0.1) is 0 Å². The van der Waals surface area contributed by atoms with Crippen molar-refractivity contribution in [2.75, 3.05) is 5.32 Å². The first kappa shape index (κ1) is 9.98. The van der Waals surface area contributed by atoms with Crippen LogP contribution in [0.4, 0.5) is 5.82 Å². The van der Waals surface area contributed by atoms with Gasteiger partial charge in [-0.25, -0.2) is 4.98 Å². The number of carboxylic acid groups (broad SMARTS) is 1. The Morgan fingerprint density at radius 1 is 1.69 bits per heavy atom. The van der Waals surface area contributed by atoms with E-state index in [1.54, 1.807) is 25.3 Å². The lowest BCUT2D eigenvalue weighted by atomic mass is 10.3. The molecule has 0 saturated carbocycles. The molecule has 1 aromatic rings. The molecule has 1 atom stereocenters. The number of aromatic nitrogens is 1. The molecule has 0 radical (unpaired) electrons. The highest BCUT2D eigenvalue weighted by molar-refractivity contribution is 9.10. The third kappa shape index (κ3) is 3.02. The highest BCUT2D eigenvalue weighted by Crippen LogP contribution is 2.11. The molecule has 0 aromatic carbocycles. The Bertz CT molecular complexity index is 300. The summed E-state index contributed by atoms with van der Waals surface area (Å²) in [5.74, 6) is -0.345. The van der Waals surface area contributed by atoms with Gasteiger partial charge in [-0.2, -0.15) is 0 Å². The largest absolute Gasteiger partial charge is 0.480 e. The second-order valence-electron chi connectivity index (χ2n) is 2.57. The standard InChI is InChI=1S/C8H9BrN2O2/c1-5(8(12)13)11-7-3-2-6(9)4-10-7/h2-5H,1H3,(H,10,11)(H,12,13)/t5-/m1/s1. The van der Waals surface area contributed by atoms with E-state index in [0.717, 1.165) is 4.47 Å². The average molecular weight is 245 g/mol. The van der Waals surface area contributed by atoms with Crippen molar-refractivity contribution in [2.24, 2.45) is 0 Å². The molecule has 0 aliphatic carbocycles. The SMILES string of the molecule is C[C@@H](Nc1ccc(Br)cn1)C(=O)O. The number of nitrogens with zero attached hydrogens (tertiary/aromatic N) is 1. The third-order valence-electron chi connectivity index (χ3n) is 1.46. The molecule has 0 aliphatic heterocycles. The van der Waals surface area contributed by atoms with Crippen LogP contribution in [0.3, 0.4) is 0 Å². The number of carboxylic acids is 1. The first-order chi connectivity index (χ1) is 6.09. The van der Waals surface area contributed by atoms with E-state index in [4.69, 9.17) is 5.11 Å². The Labute approximate surface area is 84.1 Å². The van der Waals surface area contributed by atoms with Gasteiger partial charge in [0, 0.05) is 10.7 Å². The number of nitrogens with one attached hydrogen (secondary N) is 1. The summed E-state index contributed by atoms with van der Waals surface area (Å²) in [6, 6.07) is 2.88. The van der Waals surface area contributed by atoms with E-state index in [0.29, 0.717) is 5.82 Å². The summed E-state index contributed by atoms with van der Waals surface area (Å²) in [5.41, 5.74) is 0.